The molecule has 2 atom stereocenters. The van der Waals surface area contributed by atoms with Crippen molar-refractivity contribution in [3.63, 3.8) is 0 Å². The van der Waals surface area contributed by atoms with Crippen LogP contribution in [0.3, 0.4) is 0 Å². The Morgan fingerprint density at radius 2 is 0.914 bits per heavy atom. The molecular weight excluding hydrogens is 727 g/mol. The molecule has 8 nitrogen and oxygen atoms in total. The average Bonchev–Trinajstić information content (AvgIpc) is 3.18. The lowest BCUT2D eigenvalue weighted by Gasteiger charge is -2.34. The SMILES string of the molecule is CCCCCCCCC/C=C/C=C/CCCCCCCC(=O)OC(COCCC(C(=O)[O-])[N+](C)(C)C)COC(=O)CCCCCCC/C=C/CCCCCCCCC. The van der Waals surface area contributed by atoms with Crippen LogP contribution in [0.4, 0.5) is 0 Å². The predicted molar refractivity (Wildman–Crippen MR) is 240 cm³/mol. The number of quaternary nitrogens is 1. The molecule has 338 valence electrons. The van der Waals surface area contributed by atoms with Crippen molar-refractivity contribution in [2.75, 3.05) is 41.0 Å². The molecule has 58 heavy (non-hydrogen) atoms. The minimum absolute atomic E-state index is 0.0330. The third-order valence-electron chi connectivity index (χ3n) is 10.8. The summed E-state index contributed by atoms with van der Waals surface area (Å²) in [6, 6.07) is -0.729. The molecule has 0 saturated carbocycles. The molecule has 0 heterocycles. The first-order valence-electron chi connectivity index (χ1n) is 24.0. The van der Waals surface area contributed by atoms with E-state index < -0.39 is 18.1 Å². The summed E-state index contributed by atoms with van der Waals surface area (Å²) in [6.07, 6.45) is 47.4. The van der Waals surface area contributed by atoms with Crippen LogP contribution in [0.2, 0.25) is 0 Å². The number of likely N-dealkylation sites (N-methyl/N-ethyl adjacent to an activating group) is 1. The van der Waals surface area contributed by atoms with Gasteiger partial charge in [-0.1, -0.05) is 166 Å². The zero-order chi connectivity index (χ0) is 42.8. The largest absolute Gasteiger partial charge is 0.544 e. The quantitative estimate of drug-likeness (QED) is 0.0198. The molecule has 0 saturated heterocycles. The van der Waals surface area contributed by atoms with Gasteiger partial charge in [0.2, 0.25) is 0 Å². The van der Waals surface area contributed by atoms with E-state index in [-0.39, 0.29) is 42.7 Å². The first-order valence-corrected chi connectivity index (χ1v) is 24.0. The van der Waals surface area contributed by atoms with Gasteiger partial charge >= 0.3 is 11.9 Å². The van der Waals surface area contributed by atoms with Gasteiger partial charge in [-0.15, -0.1) is 0 Å². The fourth-order valence-electron chi connectivity index (χ4n) is 7.00. The zero-order valence-corrected chi connectivity index (χ0v) is 38.5. The summed E-state index contributed by atoms with van der Waals surface area (Å²) >= 11 is 0. The van der Waals surface area contributed by atoms with E-state index in [1.807, 2.05) is 0 Å². The summed E-state index contributed by atoms with van der Waals surface area (Å²) in [7, 11) is 5.40. The van der Waals surface area contributed by atoms with Crippen LogP contribution in [0.15, 0.2) is 36.5 Å². The van der Waals surface area contributed by atoms with Crippen molar-refractivity contribution in [2.45, 2.75) is 225 Å². The molecule has 0 aliphatic heterocycles. The number of carbonyl (C=O) groups excluding carboxylic acids is 3. The molecule has 0 aromatic heterocycles. The minimum Gasteiger partial charge on any atom is -0.544 e. The Morgan fingerprint density at radius 3 is 1.34 bits per heavy atom. The third-order valence-corrected chi connectivity index (χ3v) is 10.8. The van der Waals surface area contributed by atoms with Crippen molar-refractivity contribution in [3.05, 3.63) is 36.5 Å². The number of unbranched alkanes of at least 4 members (excludes halogenated alkanes) is 24. The van der Waals surface area contributed by atoms with Gasteiger partial charge in [-0.2, -0.15) is 0 Å². The van der Waals surface area contributed by atoms with E-state index in [2.05, 4.69) is 50.3 Å². The second kappa shape index (κ2) is 41.3. The molecule has 0 aliphatic carbocycles. The van der Waals surface area contributed by atoms with Gasteiger partial charge in [-0.05, 0) is 64.2 Å². The Morgan fingerprint density at radius 1 is 0.517 bits per heavy atom. The first-order chi connectivity index (χ1) is 28.1. The van der Waals surface area contributed by atoms with E-state index in [1.54, 1.807) is 21.1 Å². The Balaban J connectivity index is 4.34. The summed E-state index contributed by atoms with van der Waals surface area (Å²) in [5, 5.41) is 11.6. The minimum atomic E-state index is -1.13. The molecule has 0 aromatic rings. The number of ether oxygens (including phenoxy) is 3. The van der Waals surface area contributed by atoms with Gasteiger partial charge in [0.15, 0.2) is 6.10 Å². The Labute approximate surface area is 357 Å². The number of nitrogens with zero attached hydrogens (tertiary/aromatic N) is 1. The number of carboxylic acids is 1. The number of carboxylic acid groups (broad SMARTS) is 1. The van der Waals surface area contributed by atoms with Gasteiger partial charge < -0.3 is 28.6 Å². The molecule has 0 aliphatic rings. The third kappa shape index (κ3) is 39.0. The van der Waals surface area contributed by atoms with Gasteiger partial charge in [0.05, 0.1) is 40.3 Å². The van der Waals surface area contributed by atoms with Crippen LogP contribution in [0.5, 0.6) is 0 Å². The maximum atomic E-state index is 12.7. The van der Waals surface area contributed by atoms with E-state index in [0.29, 0.717) is 12.8 Å². The molecule has 0 amide bonds. The number of rotatable bonds is 43. The van der Waals surface area contributed by atoms with E-state index in [4.69, 9.17) is 14.2 Å². The monoisotopic (exact) mass is 818 g/mol. The summed E-state index contributed by atoms with van der Waals surface area (Å²) in [4.78, 5) is 36.9. The molecule has 2 unspecified atom stereocenters. The Hall–Kier alpha value is -2.45. The van der Waals surface area contributed by atoms with Crippen LogP contribution < -0.4 is 5.11 Å². The van der Waals surface area contributed by atoms with Gasteiger partial charge in [0, 0.05) is 19.3 Å². The molecule has 0 aromatic carbocycles. The van der Waals surface area contributed by atoms with Crippen molar-refractivity contribution >= 4 is 17.9 Å². The molecular formula is C50H91NO7. The van der Waals surface area contributed by atoms with E-state index in [0.717, 1.165) is 70.6 Å². The van der Waals surface area contributed by atoms with Crippen LogP contribution in [-0.4, -0.2) is 75.5 Å². The van der Waals surface area contributed by atoms with Gasteiger partial charge in [0.1, 0.15) is 12.6 Å². The summed E-state index contributed by atoms with van der Waals surface area (Å²) in [5.41, 5.74) is 0. The van der Waals surface area contributed by atoms with Gasteiger partial charge in [-0.3, -0.25) is 9.59 Å². The predicted octanol–water partition coefficient (Wildman–Crippen LogP) is 12.1. The van der Waals surface area contributed by atoms with Crippen molar-refractivity contribution in [3.8, 4) is 0 Å². The van der Waals surface area contributed by atoms with Crippen molar-refractivity contribution in [1.82, 2.24) is 0 Å². The summed E-state index contributed by atoms with van der Waals surface area (Å²) in [5.74, 6) is -1.76. The molecule has 0 radical (unpaired) electrons. The van der Waals surface area contributed by atoms with Crippen LogP contribution in [0.1, 0.15) is 213 Å². The number of hydrogen-bond acceptors (Lipinski definition) is 7. The fraction of sp³-hybridized carbons (Fsp3) is 0.820. The lowest BCUT2D eigenvalue weighted by Crippen LogP contribution is -2.55. The number of hydrogen-bond donors (Lipinski definition) is 0. The molecule has 8 heteroatoms. The van der Waals surface area contributed by atoms with Gasteiger partial charge in [0.25, 0.3) is 0 Å². The van der Waals surface area contributed by atoms with Crippen LogP contribution >= 0.6 is 0 Å². The lowest BCUT2D eigenvalue weighted by atomic mass is 10.1. The summed E-state index contributed by atoms with van der Waals surface area (Å²) in [6.45, 7) is 4.64. The topological polar surface area (TPSA) is 102 Å². The molecule has 0 bridgehead atoms. The van der Waals surface area contributed by atoms with Crippen molar-refractivity contribution < 1.29 is 38.2 Å². The first kappa shape index (κ1) is 55.5. The maximum Gasteiger partial charge on any atom is 0.306 e. The highest BCUT2D eigenvalue weighted by Gasteiger charge is 2.25. The average molecular weight is 818 g/mol. The Bertz CT molecular complexity index is 1050. The smallest absolute Gasteiger partial charge is 0.306 e. The highest BCUT2D eigenvalue weighted by Crippen LogP contribution is 2.14. The number of esters is 2. The maximum absolute atomic E-state index is 12.7. The number of carbonyl (C=O) groups is 3. The molecule has 0 spiro atoms. The highest BCUT2D eigenvalue weighted by atomic mass is 16.6. The zero-order valence-electron chi connectivity index (χ0n) is 38.5. The lowest BCUT2D eigenvalue weighted by molar-refractivity contribution is -0.889. The van der Waals surface area contributed by atoms with Crippen LogP contribution in [-0.2, 0) is 28.6 Å². The highest BCUT2D eigenvalue weighted by molar-refractivity contribution is 5.70. The second-order valence-corrected chi connectivity index (χ2v) is 17.4. The Kier molecular flexibility index (Phi) is 39.5. The second-order valence-electron chi connectivity index (χ2n) is 17.4. The normalized spacial score (nSPS) is 13.2. The van der Waals surface area contributed by atoms with Crippen molar-refractivity contribution in [1.29, 1.82) is 0 Å². The molecule has 0 fully saturated rings. The fourth-order valence-corrected chi connectivity index (χ4v) is 7.00. The molecule has 0 rings (SSSR count). The van der Waals surface area contributed by atoms with Gasteiger partial charge in [-0.25, -0.2) is 0 Å². The number of aliphatic carboxylic acids is 1. The van der Waals surface area contributed by atoms with E-state index in [9.17, 15) is 19.5 Å². The number of allylic oxidation sites excluding steroid dienone is 6. The van der Waals surface area contributed by atoms with Crippen LogP contribution in [0, 0.1) is 0 Å². The molecule has 0 N–H and O–H groups in total. The van der Waals surface area contributed by atoms with Crippen LogP contribution in [0.25, 0.3) is 0 Å². The van der Waals surface area contributed by atoms with Crippen molar-refractivity contribution in [2.24, 2.45) is 0 Å². The van der Waals surface area contributed by atoms with E-state index in [1.165, 1.54) is 109 Å². The van der Waals surface area contributed by atoms with E-state index >= 15 is 0 Å². The standard InChI is InChI=1S/C50H91NO7/c1-6-8-10-12-14-16-18-20-22-24-25-27-29-31-33-35-37-39-41-49(53)58-46(44-56-43-42-47(50(54)55)51(3,4)5)45-57-48(52)40-38-36-34-32-30-28-26-23-21-19-17-15-13-11-9-7-2/h22-27,46-47H,6-21,28-45H2,1-5H3/b24-22+,26-23+,27-25+. The summed E-state index contributed by atoms with van der Waals surface area (Å²) < 4.78 is 17.2.